The van der Waals surface area contributed by atoms with Gasteiger partial charge in [0.05, 0.1) is 5.69 Å². The minimum Gasteiger partial charge on any atom is -0.454 e. The highest BCUT2D eigenvalue weighted by molar-refractivity contribution is 6.19. The van der Waals surface area contributed by atoms with Gasteiger partial charge in [-0.05, 0) is 48.7 Å². The molecule has 164 valence electrons. The number of piperidine rings is 1. The smallest absolute Gasteiger partial charge is 0.332 e. The highest BCUT2D eigenvalue weighted by Gasteiger charge is 2.41. The van der Waals surface area contributed by atoms with Crippen LogP contribution in [0, 0.1) is 0 Å². The molecule has 3 heterocycles. The number of rotatable bonds is 4. The number of amides is 4. The van der Waals surface area contributed by atoms with E-state index < -0.39 is 0 Å². The number of fused-ring (bicyclic) bond motifs is 1. The summed E-state index contributed by atoms with van der Waals surface area (Å²) < 4.78 is 10.7. The number of carbonyl (C=O) groups excluding carboxylic acids is 3. The predicted octanol–water partition coefficient (Wildman–Crippen LogP) is 2.89. The number of anilines is 1. The number of hydrogen-bond acceptors (Lipinski definition) is 5. The molecule has 0 aliphatic carbocycles. The lowest BCUT2D eigenvalue weighted by atomic mass is 10.0. The average Bonchev–Trinajstić information content (AvgIpc) is 3.41. The lowest BCUT2D eigenvalue weighted by Gasteiger charge is -2.35. The van der Waals surface area contributed by atoms with E-state index in [1.54, 1.807) is 46.2 Å². The highest BCUT2D eigenvalue weighted by atomic mass is 16.7. The van der Waals surface area contributed by atoms with Gasteiger partial charge >= 0.3 is 6.03 Å². The van der Waals surface area contributed by atoms with Crippen LogP contribution in [0.5, 0.6) is 11.5 Å². The van der Waals surface area contributed by atoms with Crippen molar-refractivity contribution in [1.82, 2.24) is 9.80 Å². The third-order valence-electron chi connectivity index (χ3n) is 6.04. The van der Waals surface area contributed by atoms with Crippen molar-refractivity contribution in [2.75, 3.05) is 31.3 Å². The predicted molar refractivity (Wildman–Crippen MR) is 117 cm³/mol. The first-order chi connectivity index (χ1) is 15.6. The molecule has 5 rings (SSSR count). The van der Waals surface area contributed by atoms with Gasteiger partial charge in [-0.15, -0.1) is 0 Å². The molecule has 0 aromatic heterocycles. The van der Waals surface area contributed by atoms with E-state index in [1.165, 1.54) is 4.90 Å². The first-order valence-corrected chi connectivity index (χ1v) is 10.7. The van der Waals surface area contributed by atoms with Crippen molar-refractivity contribution in [3.05, 3.63) is 60.2 Å². The maximum Gasteiger partial charge on any atom is 0.332 e. The van der Waals surface area contributed by atoms with Crippen molar-refractivity contribution in [2.45, 2.75) is 18.9 Å². The summed E-state index contributed by atoms with van der Waals surface area (Å²) in [5, 5.41) is 0. The molecule has 0 spiro atoms. The zero-order valence-electron chi connectivity index (χ0n) is 17.5. The second kappa shape index (κ2) is 8.37. The molecule has 0 bridgehead atoms. The minimum absolute atomic E-state index is 0.0537. The fourth-order valence-corrected chi connectivity index (χ4v) is 4.32. The summed E-state index contributed by atoms with van der Waals surface area (Å²) in [5.74, 6) is 1.09. The van der Waals surface area contributed by atoms with Crippen LogP contribution in [0.15, 0.2) is 54.6 Å². The second-order valence-corrected chi connectivity index (χ2v) is 7.98. The zero-order chi connectivity index (χ0) is 22.1. The third kappa shape index (κ3) is 3.79. The molecular weight excluding hydrogens is 410 g/mol. The van der Waals surface area contributed by atoms with Gasteiger partial charge in [-0.1, -0.05) is 24.3 Å². The maximum absolute atomic E-state index is 12.9. The molecule has 0 unspecified atom stereocenters. The Morgan fingerprint density at radius 2 is 1.72 bits per heavy atom. The van der Waals surface area contributed by atoms with E-state index in [4.69, 9.17) is 9.47 Å². The molecule has 2 aromatic rings. The van der Waals surface area contributed by atoms with Gasteiger partial charge in [-0.25, -0.2) is 9.69 Å². The summed E-state index contributed by atoms with van der Waals surface area (Å²) >= 11 is 0. The normalized spacial score (nSPS) is 18.8. The number of para-hydroxylation sites is 1. The average molecular weight is 433 g/mol. The molecule has 8 nitrogen and oxygen atoms in total. The van der Waals surface area contributed by atoms with Crippen LogP contribution in [0.1, 0.15) is 18.4 Å². The lowest BCUT2D eigenvalue weighted by molar-refractivity contribution is -0.127. The van der Waals surface area contributed by atoms with Gasteiger partial charge in [0.25, 0.3) is 5.91 Å². The van der Waals surface area contributed by atoms with Gasteiger partial charge in [0, 0.05) is 25.2 Å². The molecule has 32 heavy (non-hydrogen) atoms. The lowest BCUT2D eigenvalue weighted by Crippen LogP contribution is -2.47. The van der Waals surface area contributed by atoms with E-state index in [0.717, 1.165) is 5.56 Å². The molecule has 3 aliphatic heterocycles. The van der Waals surface area contributed by atoms with Crippen LogP contribution in [-0.4, -0.2) is 60.1 Å². The van der Waals surface area contributed by atoms with Gasteiger partial charge in [-0.2, -0.15) is 0 Å². The number of carbonyl (C=O) groups is 3. The van der Waals surface area contributed by atoms with Crippen LogP contribution in [-0.2, 0) is 9.59 Å². The SMILES string of the molecule is O=C(C=Cc1ccc2c(c1)OCO2)N1CCC(N2CC(=O)N(c3ccccc3)C2=O)CC1. The largest absolute Gasteiger partial charge is 0.454 e. The Labute approximate surface area is 185 Å². The van der Waals surface area contributed by atoms with E-state index >= 15 is 0 Å². The fourth-order valence-electron chi connectivity index (χ4n) is 4.32. The van der Waals surface area contributed by atoms with Crippen LogP contribution in [0.4, 0.5) is 10.5 Å². The fraction of sp³-hybridized carbons (Fsp3) is 0.292. The highest BCUT2D eigenvalue weighted by Crippen LogP contribution is 2.33. The molecule has 3 aliphatic rings. The number of urea groups is 1. The topological polar surface area (TPSA) is 79.4 Å². The van der Waals surface area contributed by atoms with Crippen molar-refractivity contribution in [2.24, 2.45) is 0 Å². The Morgan fingerprint density at radius 3 is 2.50 bits per heavy atom. The summed E-state index contributed by atoms with van der Waals surface area (Å²) in [5.41, 5.74) is 1.45. The quantitative estimate of drug-likeness (QED) is 0.547. The second-order valence-electron chi connectivity index (χ2n) is 7.98. The molecule has 4 amide bonds. The molecule has 2 aromatic carbocycles. The van der Waals surface area contributed by atoms with Crippen molar-refractivity contribution < 1.29 is 23.9 Å². The Balaban J connectivity index is 1.18. The number of nitrogens with zero attached hydrogens (tertiary/aromatic N) is 3. The van der Waals surface area contributed by atoms with Crippen LogP contribution < -0.4 is 14.4 Å². The third-order valence-corrected chi connectivity index (χ3v) is 6.04. The minimum atomic E-state index is -0.284. The van der Waals surface area contributed by atoms with Crippen LogP contribution in [0.25, 0.3) is 6.08 Å². The number of benzene rings is 2. The molecule has 0 atom stereocenters. The monoisotopic (exact) mass is 433 g/mol. The van der Waals surface area contributed by atoms with E-state index in [1.807, 2.05) is 24.3 Å². The molecule has 0 saturated carbocycles. The summed E-state index contributed by atoms with van der Waals surface area (Å²) in [7, 11) is 0. The van der Waals surface area contributed by atoms with E-state index in [2.05, 4.69) is 0 Å². The molecule has 2 saturated heterocycles. The first kappa shape index (κ1) is 20.1. The van der Waals surface area contributed by atoms with Crippen molar-refractivity contribution >= 4 is 29.6 Å². The van der Waals surface area contributed by atoms with Crippen LogP contribution in [0.2, 0.25) is 0 Å². The number of imide groups is 1. The standard InChI is InChI=1S/C24H23N3O5/c28-22(9-7-17-6-8-20-21(14-17)32-16-31-20)25-12-10-18(11-13-25)26-15-23(29)27(24(26)30)19-4-2-1-3-5-19/h1-9,14,18H,10-13,15-16H2. The molecule has 8 heteroatoms. The van der Waals surface area contributed by atoms with Crippen LogP contribution in [0.3, 0.4) is 0 Å². The van der Waals surface area contributed by atoms with Gasteiger partial charge in [0.1, 0.15) is 6.54 Å². The Bertz CT molecular complexity index is 1080. The molecule has 0 N–H and O–H groups in total. The van der Waals surface area contributed by atoms with Crippen molar-refractivity contribution in [1.29, 1.82) is 0 Å². The van der Waals surface area contributed by atoms with E-state index in [9.17, 15) is 14.4 Å². The maximum atomic E-state index is 12.9. The van der Waals surface area contributed by atoms with Gasteiger partial charge in [-0.3, -0.25) is 9.59 Å². The Kier molecular flexibility index (Phi) is 5.26. The Hall–Kier alpha value is -3.81. The van der Waals surface area contributed by atoms with Crippen LogP contribution >= 0.6 is 0 Å². The summed E-state index contributed by atoms with van der Waals surface area (Å²) in [6.07, 6.45) is 4.60. The van der Waals surface area contributed by atoms with E-state index in [-0.39, 0.29) is 37.2 Å². The Morgan fingerprint density at radius 1 is 0.969 bits per heavy atom. The number of likely N-dealkylation sites (tertiary alicyclic amines) is 1. The summed E-state index contributed by atoms with van der Waals surface area (Å²) in [6, 6.07) is 14.2. The molecule has 0 radical (unpaired) electrons. The number of ether oxygens (including phenoxy) is 2. The number of hydrogen-bond donors (Lipinski definition) is 0. The molecule has 2 fully saturated rings. The van der Waals surface area contributed by atoms with E-state index in [0.29, 0.717) is 43.1 Å². The zero-order valence-corrected chi connectivity index (χ0v) is 17.5. The summed E-state index contributed by atoms with van der Waals surface area (Å²) in [4.78, 5) is 42.6. The van der Waals surface area contributed by atoms with Gasteiger partial charge in [0.2, 0.25) is 12.7 Å². The first-order valence-electron chi connectivity index (χ1n) is 10.7. The van der Waals surface area contributed by atoms with Crippen molar-refractivity contribution in [3.8, 4) is 11.5 Å². The van der Waals surface area contributed by atoms with Crippen molar-refractivity contribution in [3.63, 3.8) is 0 Å². The molecular formula is C24H23N3O5. The van der Waals surface area contributed by atoms with Gasteiger partial charge < -0.3 is 19.3 Å². The van der Waals surface area contributed by atoms with Gasteiger partial charge in [0.15, 0.2) is 11.5 Å². The summed E-state index contributed by atoms with van der Waals surface area (Å²) in [6.45, 7) is 1.37.